The van der Waals surface area contributed by atoms with Gasteiger partial charge in [0.25, 0.3) is 5.56 Å². The van der Waals surface area contributed by atoms with Crippen molar-refractivity contribution in [2.24, 2.45) is 0 Å². The molecule has 212 valence electrons. The zero-order valence-electron chi connectivity index (χ0n) is 23.2. The highest BCUT2D eigenvalue weighted by Gasteiger charge is 2.15. The lowest BCUT2D eigenvalue weighted by Crippen LogP contribution is -2.38. The molecule has 0 aliphatic carbocycles. The summed E-state index contributed by atoms with van der Waals surface area (Å²) in [4.78, 5) is 48.1. The van der Waals surface area contributed by atoms with Crippen LogP contribution in [0.2, 0.25) is 0 Å². The van der Waals surface area contributed by atoms with E-state index in [0.29, 0.717) is 11.4 Å². The minimum Gasteiger partial charge on any atom is -0.450 e. The van der Waals surface area contributed by atoms with Crippen LogP contribution in [0.15, 0.2) is 65.5 Å². The van der Waals surface area contributed by atoms with Gasteiger partial charge in [-0.3, -0.25) is 14.9 Å². The van der Waals surface area contributed by atoms with Crippen molar-refractivity contribution in [1.82, 2.24) is 20.4 Å². The number of amides is 3. The number of alkyl carbamates (subject to hydrolysis) is 1. The normalized spacial score (nSPS) is 10.9. The van der Waals surface area contributed by atoms with E-state index in [2.05, 4.69) is 21.0 Å². The molecule has 3 rings (SSSR count). The van der Waals surface area contributed by atoms with Gasteiger partial charge in [-0.15, -0.1) is 0 Å². The van der Waals surface area contributed by atoms with E-state index in [4.69, 9.17) is 9.47 Å². The minimum atomic E-state index is -0.581. The molecule has 11 heteroatoms. The molecule has 1 aromatic heterocycles. The molecule has 0 unspecified atom stereocenters. The van der Waals surface area contributed by atoms with Crippen LogP contribution >= 0.6 is 0 Å². The number of benzene rings is 2. The van der Waals surface area contributed by atoms with Gasteiger partial charge in [-0.05, 0) is 57.0 Å². The van der Waals surface area contributed by atoms with Crippen molar-refractivity contribution >= 4 is 23.8 Å². The molecule has 0 radical (unpaired) electrons. The summed E-state index contributed by atoms with van der Waals surface area (Å²) >= 11 is 0. The van der Waals surface area contributed by atoms with Crippen LogP contribution in [0, 0.1) is 0 Å². The summed E-state index contributed by atoms with van der Waals surface area (Å²) in [6.07, 6.45) is -0.902. The van der Waals surface area contributed by atoms with Gasteiger partial charge in [-0.1, -0.05) is 36.4 Å². The van der Waals surface area contributed by atoms with E-state index in [9.17, 15) is 19.2 Å². The van der Waals surface area contributed by atoms with Gasteiger partial charge in [0.2, 0.25) is 5.91 Å². The van der Waals surface area contributed by atoms with Crippen LogP contribution in [0.5, 0.6) is 0 Å². The molecule has 3 aromatic rings. The van der Waals surface area contributed by atoms with Crippen LogP contribution in [0.25, 0.3) is 11.3 Å². The Bertz CT molecular complexity index is 1380. The van der Waals surface area contributed by atoms with Crippen molar-refractivity contribution < 1.29 is 23.9 Å². The summed E-state index contributed by atoms with van der Waals surface area (Å²) < 4.78 is 11.4. The fourth-order valence-electron chi connectivity index (χ4n) is 3.64. The fraction of sp³-hybridized carbons (Fsp3) is 0.345. The first-order chi connectivity index (χ1) is 19.0. The molecule has 40 heavy (non-hydrogen) atoms. The van der Waals surface area contributed by atoms with Gasteiger partial charge in [0.05, 0.1) is 25.3 Å². The zero-order valence-corrected chi connectivity index (χ0v) is 23.2. The third-order valence-electron chi connectivity index (χ3n) is 5.38. The molecule has 1 heterocycles. The SMILES string of the molecule is CCOC(=O)Nc1cccc(Cn2nc(-c3ccc(CC(=O)NCCNC(=O)OC(C)(C)C)cc3)ccc2=O)c1. The first-order valence-electron chi connectivity index (χ1n) is 13.0. The summed E-state index contributed by atoms with van der Waals surface area (Å²) in [5.74, 6) is -0.176. The molecule has 0 aliphatic rings. The van der Waals surface area contributed by atoms with Crippen molar-refractivity contribution in [3.8, 4) is 11.3 Å². The number of anilines is 1. The summed E-state index contributed by atoms with van der Waals surface area (Å²) in [5.41, 5.74) is 2.69. The maximum Gasteiger partial charge on any atom is 0.411 e. The van der Waals surface area contributed by atoms with Crippen molar-refractivity contribution in [2.75, 3.05) is 25.0 Å². The Balaban J connectivity index is 1.56. The zero-order chi connectivity index (χ0) is 29.1. The Kier molecular flexibility index (Phi) is 10.4. The van der Waals surface area contributed by atoms with Gasteiger partial charge in [0, 0.05) is 30.4 Å². The van der Waals surface area contributed by atoms with E-state index >= 15 is 0 Å². The van der Waals surface area contributed by atoms with Crippen LogP contribution in [-0.2, 0) is 27.2 Å². The molecule has 0 spiro atoms. The van der Waals surface area contributed by atoms with Gasteiger partial charge >= 0.3 is 12.2 Å². The van der Waals surface area contributed by atoms with E-state index in [0.717, 1.165) is 16.7 Å². The molecule has 0 saturated heterocycles. The molecule has 0 saturated carbocycles. The average molecular weight is 550 g/mol. The van der Waals surface area contributed by atoms with E-state index in [1.54, 1.807) is 52.0 Å². The van der Waals surface area contributed by atoms with Crippen LogP contribution in [0.1, 0.15) is 38.8 Å². The monoisotopic (exact) mass is 549 g/mol. The summed E-state index contributed by atoms with van der Waals surface area (Å²) in [5, 5.41) is 12.5. The van der Waals surface area contributed by atoms with Crippen molar-refractivity contribution in [3.63, 3.8) is 0 Å². The molecule has 0 aliphatic heterocycles. The molecule has 0 fully saturated rings. The predicted octanol–water partition coefficient (Wildman–Crippen LogP) is 3.71. The number of ether oxygens (including phenoxy) is 2. The van der Waals surface area contributed by atoms with Gasteiger partial charge in [-0.25, -0.2) is 14.3 Å². The second-order valence-corrected chi connectivity index (χ2v) is 9.91. The van der Waals surface area contributed by atoms with Crippen molar-refractivity contribution in [1.29, 1.82) is 0 Å². The number of hydrogen-bond acceptors (Lipinski definition) is 7. The summed E-state index contributed by atoms with van der Waals surface area (Å²) in [7, 11) is 0. The van der Waals surface area contributed by atoms with E-state index in [1.165, 1.54) is 10.7 Å². The van der Waals surface area contributed by atoms with Crippen LogP contribution in [0.4, 0.5) is 15.3 Å². The van der Waals surface area contributed by atoms with Crippen molar-refractivity contribution in [3.05, 3.63) is 82.1 Å². The number of aromatic nitrogens is 2. The molecule has 3 amide bonds. The molecule has 3 N–H and O–H groups in total. The minimum absolute atomic E-state index is 0.176. The Hall–Kier alpha value is -4.67. The number of hydrogen-bond donors (Lipinski definition) is 3. The molecule has 0 bridgehead atoms. The first kappa shape index (κ1) is 29.9. The fourth-order valence-corrected chi connectivity index (χ4v) is 3.64. The molecule has 11 nitrogen and oxygen atoms in total. The standard InChI is InChI=1S/C29H35N5O6/c1-5-39-28(38)32-23-8-6-7-21(17-23)19-34-26(36)14-13-24(33-34)22-11-9-20(10-12-22)18-25(35)30-15-16-31-27(37)40-29(2,3)4/h6-14,17H,5,15-16,18-19H2,1-4H3,(H,30,35)(H,31,37)(H,32,38). The number of carbonyl (C=O) groups excluding carboxylic acids is 3. The second kappa shape index (κ2) is 13.9. The lowest BCUT2D eigenvalue weighted by molar-refractivity contribution is -0.120. The maximum atomic E-state index is 12.5. The lowest BCUT2D eigenvalue weighted by Gasteiger charge is -2.19. The van der Waals surface area contributed by atoms with Gasteiger partial charge in [0.15, 0.2) is 0 Å². The Morgan fingerprint density at radius 1 is 0.900 bits per heavy atom. The predicted molar refractivity (Wildman–Crippen MR) is 151 cm³/mol. The second-order valence-electron chi connectivity index (χ2n) is 9.91. The first-order valence-corrected chi connectivity index (χ1v) is 13.0. The van der Waals surface area contributed by atoms with Crippen LogP contribution < -0.4 is 21.5 Å². The molecule has 2 aromatic carbocycles. The van der Waals surface area contributed by atoms with Gasteiger partial charge in [0.1, 0.15) is 5.60 Å². The summed E-state index contributed by atoms with van der Waals surface area (Å²) in [6.45, 7) is 8.08. The lowest BCUT2D eigenvalue weighted by atomic mass is 10.1. The average Bonchev–Trinajstić information content (AvgIpc) is 2.88. The summed E-state index contributed by atoms with van der Waals surface area (Å²) in [6, 6.07) is 17.5. The van der Waals surface area contributed by atoms with Gasteiger partial charge in [-0.2, -0.15) is 5.10 Å². The Morgan fingerprint density at radius 2 is 1.62 bits per heavy atom. The Labute approximate surface area is 232 Å². The number of nitrogens with zero attached hydrogens (tertiary/aromatic N) is 2. The third-order valence-corrected chi connectivity index (χ3v) is 5.38. The van der Waals surface area contributed by atoms with Crippen LogP contribution in [-0.4, -0.2) is 53.2 Å². The van der Waals surface area contributed by atoms with Crippen molar-refractivity contribution in [2.45, 2.75) is 46.3 Å². The largest absolute Gasteiger partial charge is 0.450 e. The van der Waals surface area contributed by atoms with Crippen LogP contribution in [0.3, 0.4) is 0 Å². The van der Waals surface area contributed by atoms with Gasteiger partial charge < -0.3 is 20.1 Å². The highest BCUT2D eigenvalue weighted by atomic mass is 16.6. The third kappa shape index (κ3) is 9.90. The number of rotatable bonds is 10. The smallest absolute Gasteiger partial charge is 0.411 e. The Morgan fingerprint density at radius 3 is 2.33 bits per heavy atom. The molecular weight excluding hydrogens is 514 g/mol. The quantitative estimate of drug-likeness (QED) is 0.328. The number of carbonyl (C=O) groups is 3. The van der Waals surface area contributed by atoms with E-state index in [1.807, 2.05) is 30.3 Å². The highest BCUT2D eigenvalue weighted by molar-refractivity contribution is 5.84. The molecular formula is C29H35N5O6. The topological polar surface area (TPSA) is 141 Å². The van der Waals surface area contributed by atoms with E-state index < -0.39 is 17.8 Å². The number of nitrogens with one attached hydrogen (secondary N) is 3. The maximum absolute atomic E-state index is 12.5. The highest BCUT2D eigenvalue weighted by Crippen LogP contribution is 2.17. The molecule has 0 atom stereocenters. The van der Waals surface area contributed by atoms with E-state index in [-0.39, 0.29) is 44.1 Å².